The van der Waals surface area contributed by atoms with Gasteiger partial charge in [0, 0.05) is 25.3 Å². The minimum absolute atomic E-state index is 0.0213. The van der Waals surface area contributed by atoms with Crippen LogP contribution >= 0.6 is 0 Å². The summed E-state index contributed by atoms with van der Waals surface area (Å²) < 4.78 is 27.3. The van der Waals surface area contributed by atoms with Crippen molar-refractivity contribution in [2.24, 2.45) is 5.41 Å². The second kappa shape index (κ2) is 7.32. The van der Waals surface area contributed by atoms with Gasteiger partial charge in [-0.3, -0.25) is 0 Å². The van der Waals surface area contributed by atoms with Crippen molar-refractivity contribution in [3.63, 3.8) is 0 Å². The molecule has 0 bridgehead atoms. The molecule has 0 spiro atoms. The van der Waals surface area contributed by atoms with Gasteiger partial charge in [0.2, 0.25) is 0 Å². The molecule has 0 saturated carbocycles. The van der Waals surface area contributed by atoms with Crippen LogP contribution in [0.2, 0.25) is 0 Å². The molecule has 0 radical (unpaired) electrons. The summed E-state index contributed by atoms with van der Waals surface area (Å²) in [5, 5.41) is 20.5. The first kappa shape index (κ1) is 16.5. The van der Waals surface area contributed by atoms with Gasteiger partial charge in [0.05, 0.1) is 11.6 Å². The van der Waals surface area contributed by atoms with E-state index in [-0.39, 0.29) is 29.7 Å². The molecule has 0 aliphatic rings. The fourth-order valence-electron chi connectivity index (χ4n) is 2.01. The summed E-state index contributed by atoms with van der Waals surface area (Å²) in [6, 6.07) is 3.79. The SMILES string of the molecule is CC(C)(CCCO)CNCc1c(F)cc(C#N)cc1F. The predicted octanol–water partition coefficient (Wildman–Crippen LogP) is 2.72. The second-order valence-corrected chi connectivity index (χ2v) is 5.63. The van der Waals surface area contributed by atoms with E-state index in [0.29, 0.717) is 13.0 Å². The predicted molar refractivity (Wildman–Crippen MR) is 72.9 cm³/mol. The molecule has 2 N–H and O–H groups in total. The van der Waals surface area contributed by atoms with E-state index in [1.807, 2.05) is 13.8 Å². The quantitative estimate of drug-likeness (QED) is 0.808. The average molecular weight is 282 g/mol. The molecule has 1 aromatic rings. The number of rotatable bonds is 7. The zero-order valence-corrected chi connectivity index (χ0v) is 11.8. The van der Waals surface area contributed by atoms with E-state index in [1.54, 1.807) is 6.07 Å². The maximum Gasteiger partial charge on any atom is 0.131 e. The summed E-state index contributed by atoms with van der Waals surface area (Å²) in [7, 11) is 0. The molecule has 0 aliphatic carbocycles. The van der Waals surface area contributed by atoms with Crippen LogP contribution in [0.5, 0.6) is 0 Å². The molecule has 5 heteroatoms. The Kier molecular flexibility index (Phi) is 6.05. The number of aliphatic hydroxyl groups excluding tert-OH is 1. The topological polar surface area (TPSA) is 56.0 Å². The standard InChI is InChI=1S/C15H20F2N2O/c1-15(2,4-3-5-20)10-19-9-12-13(16)6-11(8-18)7-14(12)17/h6-7,19-20H,3-5,9-10H2,1-2H3. The molecule has 0 unspecified atom stereocenters. The molecular weight excluding hydrogens is 262 g/mol. The smallest absolute Gasteiger partial charge is 0.131 e. The maximum atomic E-state index is 13.7. The number of nitriles is 1. The number of halogens is 2. The second-order valence-electron chi connectivity index (χ2n) is 5.63. The van der Waals surface area contributed by atoms with Crippen molar-refractivity contribution in [2.75, 3.05) is 13.2 Å². The monoisotopic (exact) mass is 282 g/mol. The van der Waals surface area contributed by atoms with Gasteiger partial charge >= 0.3 is 0 Å². The van der Waals surface area contributed by atoms with Crippen molar-refractivity contribution >= 4 is 0 Å². The first-order valence-electron chi connectivity index (χ1n) is 6.59. The molecule has 0 aliphatic heterocycles. The van der Waals surface area contributed by atoms with E-state index >= 15 is 0 Å². The molecule has 0 amide bonds. The van der Waals surface area contributed by atoms with Gasteiger partial charge in [-0.2, -0.15) is 5.26 Å². The summed E-state index contributed by atoms with van der Waals surface area (Å²) in [4.78, 5) is 0. The van der Waals surface area contributed by atoms with Crippen molar-refractivity contribution in [3.05, 3.63) is 34.9 Å². The third-order valence-corrected chi connectivity index (χ3v) is 3.19. The van der Waals surface area contributed by atoms with Crippen LogP contribution in [0.1, 0.15) is 37.8 Å². The van der Waals surface area contributed by atoms with Gasteiger partial charge in [0.15, 0.2) is 0 Å². The lowest BCUT2D eigenvalue weighted by molar-refractivity contribution is 0.236. The van der Waals surface area contributed by atoms with E-state index in [0.717, 1.165) is 18.6 Å². The molecule has 0 atom stereocenters. The molecule has 0 aromatic heterocycles. The maximum absolute atomic E-state index is 13.7. The fraction of sp³-hybridized carbons (Fsp3) is 0.533. The number of benzene rings is 1. The number of nitrogens with zero attached hydrogens (tertiary/aromatic N) is 1. The summed E-state index contributed by atoms with van der Waals surface area (Å²) in [6.07, 6.45) is 1.53. The van der Waals surface area contributed by atoms with Crippen molar-refractivity contribution < 1.29 is 13.9 Å². The molecule has 20 heavy (non-hydrogen) atoms. The third-order valence-electron chi connectivity index (χ3n) is 3.19. The zero-order chi connectivity index (χ0) is 15.2. The van der Waals surface area contributed by atoms with Crippen LogP contribution in [0.4, 0.5) is 8.78 Å². The molecule has 0 heterocycles. The Morgan fingerprint density at radius 1 is 1.30 bits per heavy atom. The van der Waals surface area contributed by atoms with E-state index in [1.165, 1.54) is 0 Å². The lowest BCUT2D eigenvalue weighted by atomic mass is 9.88. The van der Waals surface area contributed by atoms with E-state index in [9.17, 15) is 8.78 Å². The van der Waals surface area contributed by atoms with E-state index in [4.69, 9.17) is 10.4 Å². The first-order valence-corrected chi connectivity index (χ1v) is 6.59. The Morgan fingerprint density at radius 3 is 2.40 bits per heavy atom. The van der Waals surface area contributed by atoms with Gasteiger partial charge in [0.1, 0.15) is 11.6 Å². The lowest BCUT2D eigenvalue weighted by Crippen LogP contribution is -2.29. The Hall–Kier alpha value is -1.51. The number of hydrogen-bond acceptors (Lipinski definition) is 3. The molecule has 0 fully saturated rings. The molecular formula is C15H20F2N2O. The molecule has 1 rings (SSSR count). The van der Waals surface area contributed by atoms with Crippen molar-refractivity contribution in [1.29, 1.82) is 5.26 Å². The highest BCUT2D eigenvalue weighted by Crippen LogP contribution is 2.21. The number of nitrogens with one attached hydrogen (secondary N) is 1. The number of aliphatic hydroxyl groups is 1. The molecule has 1 aromatic carbocycles. The van der Waals surface area contributed by atoms with Gasteiger partial charge in [-0.1, -0.05) is 13.8 Å². The Labute approximate surface area is 118 Å². The van der Waals surface area contributed by atoms with Crippen LogP contribution in [0.3, 0.4) is 0 Å². The summed E-state index contributed by atoms with van der Waals surface area (Å²) in [5.41, 5.74) is -0.128. The lowest BCUT2D eigenvalue weighted by Gasteiger charge is -2.24. The minimum Gasteiger partial charge on any atom is -0.396 e. The molecule has 110 valence electrons. The van der Waals surface area contributed by atoms with E-state index < -0.39 is 11.6 Å². The van der Waals surface area contributed by atoms with Crippen molar-refractivity contribution in [2.45, 2.75) is 33.2 Å². The zero-order valence-electron chi connectivity index (χ0n) is 11.8. The highest BCUT2D eigenvalue weighted by atomic mass is 19.1. The average Bonchev–Trinajstić information content (AvgIpc) is 2.39. The Bertz CT molecular complexity index is 472. The van der Waals surface area contributed by atoms with Gasteiger partial charge in [-0.15, -0.1) is 0 Å². The Morgan fingerprint density at radius 2 is 1.90 bits per heavy atom. The third kappa shape index (κ3) is 4.87. The van der Waals surface area contributed by atoms with Crippen LogP contribution in [0, 0.1) is 28.4 Å². The number of hydrogen-bond donors (Lipinski definition) is 2. The highest BCUT2D eigenvalue weighted by Gasteiger charge is 2.18. The van der Waals surface area contributed by atoms with Crippen LogP contribution in [-0.2, 0) is 6.54 Å². The van der Waals surface area contributed by atoms with Gasteiger partial charge in [-0.25, -0.2) is 8.78 Å². The van der Waals surface area contributed by atoms with E-state index in [2.05, 4.69) is 5.32 Å². The van der Waals surface area contributed by atoms with Gasteiger partial charge < -0.3 is 10.4 Å². The van der Waals surface area contributed by atoms with Crippen molar-refractivity contribution in [3.8, 4) is 6.07 Å². The van der Waals surface area contributed by atoms with Gasteiger partial charge in [-0.05, 0) is 30.4 Å². The summed E-state index contributed by atoms with van der Waals surface area (Å²) in [6.45, 7) is 4.86. The normalized spacial score (nSPS) is 11.4. The summed E-state index contributed by atoms with van der Waals surface area (Å²) >= 11 is 0. The molecule has 0 saturated heterocycles. The summed E-state index contributed by atoms with van der Waals surface area (Å²) in [5.74, 6) is -1.41. The molecule has 3 nitrogen and oxygen atoms in total. The fourth-order valence-corrected chi connectivity index (χ4v) is 2.01. The highest BCUT2D eigenvalue weighted by molar-refractivity contribution is 5.34. The van der Waals surface area contributed by atoms with Crippen LogP contribution in [-0.4, -0.2) is 18.3 Å². The van der Waals surface area contributed by atoms with Gasteiger partial charge in [0.25, 0.3) is 0 Å². The largest absolute Gasteiger partial charge is 0.396 e. The first-order chi connectivity index (χ1) is 9.39. The van der Waals surface area contributed by atoms with Crippen molar-refractivity contribution in [1.82, 2.24) is 5.32 Å². The van der Waals surface area contributed by atoms with Crippen LogP contribution in [0.25, 0.3) is 0 Å². The minimum atomic E-state index is -0.706. The van der Waals surface area contributed by atoms with Crippen LogP contribution < -0.4 is 5.32 Å². The Balaban J connectivity index is 2.61. The van der Waals surface area contributed by atoms with Crippen LogP contribution in [0.15, 0.2) is 12.1 Å².